The summed E-state index contributed by atoms with van der Waals surface area (Å²) in [5, 5.41) is 2.90. The standard InChI is InChI=1S/C23H28N2O3/c1-3-5-6-17-7-11-20(12-8-17)25-16-18(15-22(25)26)23(27)24-19-9-13-21(14-10-19)28-4-2/h7-14,18H,3-6,15-16H2,1-2H3,(H,24,27)/t18-/m0/s1. The number of nitrogens with one attached hydrogen (secondary N) is 1. The molecule has 5 nitrogen and oxygen atoms in total. The van der Waals surface area contributed by atoms with Crippen molar-refractivity contribution in [2.24, 2.45) is 5.92 Å². The Hall–Kier alpha value is -2.82. The van der Waals surface area contributed by atoms with Crippen LogP contribution >= 0.6 is 0 Å². The Kier molecular flexibility index (Phi) is 6.69. The van der Waals surface area contributed by atoms with Crippen molar-refractivity contribution in [2.75, 3.05) is 23.4 Å². The van der Waals surface area contributed by atoms with Gasteiger partial charge in [0.2, 0.25) is 11.8 Å². The van der Waals surface area contributed by atoms with Gasteiger partial charge in [0.25, 0.3) is 0 Å². The zero-order chi connectivity index (χ0) is 19.9. The molecule has 0 spiro atoms. The summed E-state index contributed by atoms with van der Waals surface area (Å²) in [5.74, 6) is 0.289. The van der Waals surface area contributed by atoms with Gasteiger partial charge in [-0.1, -0.05) is 25.5 Å². The summed E-state index contributed by atoms with van der Waals surface area (Å²) in [6, 6.07) is 15.4. The number of anilines is 2. The van der Waals surface area contributed by atoms with E-state index in [1.54, 1.807) is 4.90 Å². The summed E-state index contributed by atoms with van der Waals surface area (Å²) in [6.45, 7) is 5.12. The molecule has 2 aromatic rings. The molecule has 0 bridgehead atoms. The van der Waals surface area contributed by atoms with Gasteiger partial charge in [0.05, 0.1) is 12.5 Å². The van der Waals surface area contributed by atoms with Gasteiger partial charge in [0, 0.05) is 24.3 Å². The molecule has 1 heterocycles. The molecule has 2 amide bonds. The minimum Gasteiger partial charge on any atom is -0.494 e. The van der Waals surface area contributed by atoms with E-state index >= 15 is 0 Å². The maximum atomic E-state index is 12.6. The van der Waals surface area contributed by atoms with Gasteiger partial charge in [-0.2, -0.15) is 0 Å². The summed E-state index contributed by atoms with van der Waals surface area (Å²) < 4.78 is 5.41. The average Bonchev–Trinajstić information content (AvgIpc) is 3.10. The van der Waals surface area contributed by atoms with Crippen molar-refractivity contribution in [1.82, 2.24) is 0 Å². The number of amides is 2. The van der Waals surface area contributed by atoms with Crippen LogP contribution in [0.25, 0.3) is 0 Å². The first kappa shape index (κ1) is 19.9. The van der Waals surface area contributed by atoms with Crippen LogP contribution in [0.2, 0.25) is 0 Å². The van der Waals surface area contributed by atoms with Crippen molar-refractivity contribution in [2.45, 2.75) is 39.5 Å². The first-order valence-electron chi connectivity index (χ1n) is 10.0. The number of unbranched alkanes of at least 4 members (excludes halogenated alkanes) is 1. The van der Waals surface area contributed by atoms with Crippen molar-refractivity contribution in [1.29, 1.82) is 0 Å². The summed E-state index contributed by atoms with van der Waals surface area (Å²) in [7, 11) is 0. The number of rotatable bonds is 8. The number of hydrogen-bond acceptors (Lipinski definition) is 3. The lowest BCUT2D eigenvalue weighted by atomic mass is 10.1. The molecule has 0 saturated carbocycles. The molecule has 2 aromatic carbocycles. The van der Waals surface area contributed by atoms with Crippen LogP contribution in [0.1, 0.15) is 38.7 Å². The Balaban J connectivity index is 1.59. The third kappa shape index (κ3) is 4.91. The number of carbonyl (C=O) groups is 2. The van der Waals surface area contributed by atoms with Gasteiger partial charge in [-0.15, -0.1) is 0 Å². The molecule has 1 saturated heterocycles. The van der Waals surface area contributed by atoms with E-state index in [2.05, 4.69) is 24.4 Å². The van der Waals surface area contributed by atoms with Crippen molar-refractivity contribution in [3.63, 3.8) is 0 Å². The van der Waals surface area contributed by atoms with Crippen molar-refractivity contribution >= 4 is 23.2 Å². The SMILES string of the molecule is CCCCc1ccc(N2C[C@@H](C(=O)Nc3ccc(OCC)cc3)CC2=O)cc1. The maximum Gasteiger partial charge on any atom is 0.229 e. The lowest BCUT2D eigenvalue weighted by Crippen LogP contribution is -2.28. The Bertz CT molecular complexity index is 800. The predicted molar refractivity (Wildman–Crippen MR) is 112 cm³/mol. The van der Waals surface area contributed by atoms with Crippen LogP contribution in [0, 0.1) is 5.92 Å². The third-order valence-electron chi connectivity index (χ3n) is 5.00. The summed E-state index contributed by atoms with van der Waals surface area (Å²) in [6.07, 6.45) is 3.62. The highest BCUT2D eigenvalue weighted by Crippen LogP contribution is 2.27. The molecule has 28 heavy (non-hydrogen) atoms. The third-order valence-corrected chi connectivity index (χ3v) is 5.00. The monoisotopic (exact) mass is 380 g/mol. The zero-order valence-corrected chi connectivity index (χ0v) is 16.6. The molecule has 1 atom stereocenters. The van der Waals surface area contributed by atoms with E-state index in [1.807, 2.05) is 43.3 Å². The number of aryl methyl sites for hydroxylation is 1. The minimum atomic E-state index is -0.348. The van der Waals surface area contributed by atoms with Gasteiger partial charge in [-0.05, 0) is 61.7 Å². The largest absolute Gasteiger partial charge is 0.494 e. The van der Waals surface area contributed by atoms with E-state index in [-0.39, 0.29) is 24.2 Å². The fourth-order valence-corrected chi connectivity index (χ4v) is 3.40. The summed E-state index contributed by atoms with van der Waals surface area (Å²) in [4.78, 5) is 26.8. The van der Waals surface area contributed by atoms with Crippen LogP contribution in [0.3, 0.4) is 0 Å². The number of nitrogens with zero attached hydrogens (tertiary/aromatic N) is 1. The van der Waals surface area contributed by atoms with E-state index < -0.39 is 0 Å². The normalized spacial score (nSPS) is 16.3. The molecule has 1 aliphatic rings. The Labute approximate surface area is 166 Å². The number of benzene rings is 2. The highest BCUT2D eigenvalue weighted by Gasteiger charge is 2.35. The molecule has 0 unspecified atom stereocenters. The van der Waals surface area contributed by atoms with Crippen LogP contribution in [-0.4, -0.2) is 25.0 Å². The predicted octanol–water partition coefficient (Wildman–Crippen LogP) is 4.42. The molecule has 1 fully saturated rings. The summed E-state index contributed by atoms with van der Waals surface area (Å²) in [5.41, 5.74) is 2.85. The summed E-state index contributed by atoms with van der Waals surface area (Å²) >= 11 is 0. The second kappa shape index (κ2) is 9.40. The van der Waals surface area contributed by atoms with Crippen LogP contribution in [-0.2, 0) is 16.0 Å². The van der Waals surface area contributed by atoms with Crippen LogP contribution < -0.4 is 15.0 Å². The van der Waals surface area contributed by atoms with E-state index in [0.717, 1.165) is 30.7 Å². The van der Waals surface area contributed by atoms with Gasteiger partial charge >= 0.3 is 0 Å². The second-order valence-corrected chi connectivity index (χ2v) is 7.12. The van der Waals surface area contributed by atoms with E-state index in [1.165, 1.54) is 5.56 Å². The quantitative estimate of drug-likeness (QED) is 0.737. The highest BCUT2D eigenvalue weighted by atomic mass is 16.5. The maximum absolute atomic E-state index is 12.6. The molecule has 5 heteroatoms. The molecule has 0 aromatic heterocycles. The van der Waals surface area contributed by atoms with Crippen molar-refractivity contribution < 1.29 is 14.3 Å². The lowest BCUT2D eigenvalue weighted by Gasteiger charge is -2.17. The van der Waals surface area contributed by atoms with Gasteiger partial charge in [0.15, 0.2) is 0 Å². The number of ether oxygens (including phenoxy) is 1. The van der Waals surface area contributed by atoms with E-state index in [0.29, 0.717) is 18.8 Å². The topological polar surface area (TPSA) is 58.6 Å². The van der Waals surface area contributed by atoms with Crippen molar-refractivity contribution in [3.05, 3.63) is 54.1 Å². The molecule has 3 rings (SSSR count). The lowest BCUT2D eigenvalue weighted by molar-refractivity contribution is -0.122. The van der Waals surface area contributed by atoms with Crippen LogP contribution in [0.4, 0.5) is 11.4 Å². The first-order chi connectivity index (χ1) is 13.6. The number of carbonyl (C=O) groups excluding carboxylic acids is 2. The van der Waals surface area contributed by atoms with E-state index in [4.69, 9.17) is 4.74 Å². The van der Waals surface area contributed by atoms with Gasteiger partial charge in [0.1, 0.15) is 5.75 Å². The minimum absolute atomic E-state index is 0.00634. The molecular weight excluding hydrogens is 352 g/mol. The Morgan fingerprint density at radius 3 is 2.46 bits per heavy atom. The molecule has 0 radical (unpaired) electrons. The van der Waals surface area contributed by atoms with Crippen molar-refractivity contribution in [3.8, 4) is 5.75 Å². The molecule has 1 N–H and O–H groups in total. The molecule has 1 aliphatic heterocycles. The fraction of sp³-hybridized carbons (Fsp3) is 0.391. The second-order valence-electron chi connectivity index (χ2n) is 7.12. The van der Waals surface area contributed by atoms with Gasteiger partial charge in [-0.3, -0.25) is 9.59 Å². The average molecular weight is 380 g/mol. The highest BCUT2D eigenvalue weighted by molar-refractivity contribution is 6.03. The van der Waals surface area contributed by atoms with Gasteiger partial charge in [-0.25, -0.2) is 0 Å². The fourth-order valence-electron chi connectivity index (χ4n) is 3.40. The molecule has 148 valence electrons. The smallest absolute Gasteiger partial charge is 0.229 e. The molecular formula is C23H28N2O3. The number of hydrogen-bond donors (Lipinski definition) is 1. The van der Waals surface area contributed by atoms with Crippen LogP contribution in [0.5, 0.6) is 5.75 Å². The zero-order valence-electron chi connectivity index (χ0n) is 16.6. The van der Waals surface area contributed by atoms with E-state index in [9.17, 15) is 9.59 Å². The van der Waals surface area contributed by atoms with Crippen LogP contribution in [0.15, 0.2) is 48.5 Å². The van der Waals surface area contributed by atoms with Gasteiger partial charge < -0.3 is 15.0 Å². The Morgan fingerprint density at radius 1 is 1.11 bits per heavy atom. The first-order valence-corrected chi connectivity index (χ1v) is 10.0. The molecule has 0 aliphatic carbocycles. The Morgan fingerprint density at radius 2 is 1.82 bits per heavy atom.